The molecule has 0 aromatic rings. The van der Waals surface area contributed by atoms with Gasteiger partial charge in [0.15, 0.2) is 0 Å². The van der Waals surface area contributed by atoms with Crippen LogP contribution < -0.4 is 21.5 Å². The summed E-state index contributed by atoms with van der Waals surface area (Å²) in [6.07, 6.45) is 7.42. The maximum absolute atomic E-state index is 10.3. The Balaban J connectivity index is 2.40. The molecule has 0 saturated carbocycles. The first kappa shape index (κ1) is 9.95. The van der Waals surface area contributed by atoms with Gasteiger partial charge in [-0.1, -0.05) is 0 Å². The Morgan fingerprint density at radius 2 is 2.42 bits per heavy atom. The molecule has 2 atom stereocenters. The average Bonchev–Trinajstić information content (AvgIpc) is 2.12. The van der Waals surface area contributed by atoms with Crippen LogP contribution in [0.2, 0.25) is 0 Å². The van der Waals surface area contributed by atoms with Crippen molar-refractivity contribution in [3.63, 3.8) is 0 Å². The van der Waals surface area contributed by atoms with E-state index >= 15 is 0 Å². The fourth-order valence-corrected chi connectivity index (χ4v) is 3.72. The molecule has 1 aliphatic rings. The Labute approximate surface area is 83.0 Å². The normalized spacial score (nSPS) is 30.1. The number of alkyl halides is 1. The number of hydrogen-bond donors (Lipinski definition) is 0. The molecule has 1 aliphatic carbocycles. The van der Waals surface area contributed by atoms with Crippen molar-refractivity contribution < 1.29 is 24.6 Å². The maximum atomic E-state index is 10.3. The summed E-state index contributed by atoms with van der Waals surface area (Å²) in [5.41, 5.74) is 0. The second-order valence-electron chi connectivity index (χ2n) is 3.13. The van der Waals surface area contributed by atoms with E-state index in [1.165, 1.54) is 0 Å². The number of nitrogens with zero attached hydrogens (tertiary/aromatic N) is 1. The van der Waals surface area contributed by atoms with Crippen LogP contribution in [0.3, 0.4) is 0 Å². The summed E-state index contributed by atoms with van der Waals surface area (Å²) in [6.45, 7) is 2.14. The summed E-state index contributed by atoms with van der Waals surface area (Å²) < 4.78 is 0.311. The number of nitro groups is 1. The number of rotatable bonds is 2. The first-order chi connectivity index (χ1) is 5.68. The summed E-state index contributed by atoms with van der Waals surface area (Å²) in [5, 5.41) is 10.3. The van der Waals surface area contributed by atoms with Gasteiger partial charge >= 0.3 is 82.9 Å². The molecule has 12 heavy (non-hydrogen) atoms. The van der Waals surface area contributed by atoms with Crippen LogP contribution in [0.1, 0.15) is 26.2 Å². The van der Waals surface area contributed by atoms with Gasteiger partial charge in [0.05, 0.1) is 0 Å². The van der Waals surface area contributed by atoms with E-state index in [1.807, 2.05) is 0 Å². The van der Waals surface area contributed by atoms with Gasteiger partial charge in [-0.15, -0.1) is 0 Å². The topological polar surface area (TPSA) is 43.1 Å². The van der Waals surface area contributed by atoms with Gasteiger partial charge in [-0.05, 0) is 0 Å². The molecule has 0 aliphatic heterocycles. The summed E-state index contributed by atoms with van der Waals surface area (Å²) in [5.74, 6) is 0.539. The van der Waals surface area contributed by atoms with Gasteiger partial charge in [-0.2, -0.15) is 0 Å². The van der Waals surface area contributed by atoms with E-state index in [-0.39, 0.29) is 3.14 Å². The van der Waals surface area contributed by atoms with Gasteiger partial charge in [0.25, 0.3) is 0 Å². The Morgan fingerprint density at radius 3 is 3.08 bits per heavy atom. The molecule has 0 N–H and O–H groups in total. The second kappa shape index (κ2) is 4.79. The Kier molecular flexibility index (Phi) is 3.97. The molecule has 0 heterocycles. The molecule has 70 valence electrons. The molecule has 1 rings (SSSR count). The van der Waals surface area contributed by atoms with Crippen molar-refractivity contribution >= 4 is 0 Å². The Bertz CT molecular complexity index is 193. The molecule has 0 aromatic heterocycles. The van der Waals surface area contributed by atoms with Crippen LogP contribution in [0.5, 0.6) is 0 Å². The van der Waals surface area contributed by atoms with E-state index in [1.54, 1.807) is 0 Å². The Morgan fingerprint density at radius 1 is 1.67 bits per heavy atom. The van der Waals surface area contributed by atoms with Crippen molar-refractivity contribution in [2.75, 3.05) is 0 Å². The molecule has 0 spiro atoms. The van der Waals surface area contributed by atoms with E-state index in [9.17, 15) is 10.1 Å². The minimum absolute atomic E-state index is 0.0818. The van der Waals surface area contributed by atoms with Crippen LogP contribution >= 0.6 is 0 Å². The quantitative estimate of drug-likeness (QED) is 0.163. The molecule has 3 nitrogen and oxygen atoms in total. The zero-order valence-corrected chi connectivity index (χ0v) is 9.23. The van der Waals surface area contributed by atoms with Crippen LogP contribution in [-0.4, -0.2) is 7.06 Å². The van der Waals surface area contributed by atoms with Gasteiger partial charge in [0.2, 0.25) is 0 Å². The molecular formula is C8H13INO2-. The van der Waals surface area contributed by atoms with Gasteiger partial charge in [0.1, 0.15) is 0 Å². The third-order valence-corrected chi connectivity index (χ3v) is 4.33. The standard InChI is InChI=1S/C8H13INO2/c1-7-4-2-3-5-8(6-7)9-10(11)12/h2,4,7-8H,3,5-6H2,1H3/q-1. The van der Waals surface area contributed by atoms with Crippen LogP contribution in [0, 0.1) is 16.0 Å². The first-order valence-corrected chi connectivity index (χ1v) is 6.34. The SMILES string of the molecule is CC1C=CCCC([I-][N+](=O)[O-])C1. The van der Waals surface area contributed by atoms with Gasteiger partial charge in [0, 0.05) is 0 Å². The average molecular weight is 282 g/mol. The van der Waals surface area contributed by atoms with Crippen LogP contribution in [-0.2, 0) is 0 Å². The van der Waals surface area contributed by atoms with Gasteiger partial charge < -0.3 is 0 Å². The van der Waals surface area contributed by atoms with E-state index in [2.05, 4.69) is 19.1 Å². The van der Waals surface area contributed by atoms with Crippen molar-refractivity contribution in [1.29, 1.82) is 0 Å². The fraction of sp³-hybridized carbons (Fsp3) is 0.750. The van der Waals surface area contributed by atoms with E-state index in [0.29, 0.717) is 9.84 Å². The minimum atomic E-state index is -0.818. The van der Waals surface area contributed by atoms with Gasteiger partial charge in [-0.25, -0.2) is 0 Å². The van der Waals surface area contributed by atoms with Gasteiger partial charge in [-0.3, -0.25) is 0 Å². The molecular weight excluding hydrogens is 269 g/mol. The molecule has 2 unspecified atom stereocenters. The summed E-state index contributed by atoms with van der Waals surface area (Å²) in [4.78, 5) is 10.3. The summed E-state index contributed by atoms with van der Waals surface area (Å²) in [7, 11) is 0. The van der Waals surface area contributed by atoms with Crippen molar-refractivity contribution in [3.05, 3.63) is 22.3 Å². The van der Waals surface area contributed by atoms with Crippen molar-refractivity contribution in [3.8, 4) is 0 Å². The summed E-state index contributed by atoms with van der Waals surface area (Å²) in [6, 6.07) is 0. The zero-order chi connectivity index (χ0) is 8.97. The van der Waals surface area contributed by atoms with Crippen LogP contribution in [0.4, 0.5) is 0 Å². The number of halogens is 1. The predicted molar refractivity (Wildman–Crippen MR) is 42.9 cm³/mol. The molecule has 0 bridgehead atoms. The number of allylic oxidation sites excluding steroid dienone is 2. The summed E-state index contributed by atoms with van der Waals surface area (Å²) >= 11 is -0.818. The van der Waals surface area contributed by atoms with E-state index in [4.69, 9.17) is 0 Å². The fourth-order valence-electron chi connectivity index (χ4n) is 1.41. The molecule has 0 aromatic carbocycles. The molecule has 0 saturated heterocycles. The second-order valence-corrected chi connectivity index (χ2v) is 6.23. The van der Waals surface area contributed by atoms with Crippen LogP contribution in [0.25, 0.3) is 0 Å². The monoisotopic (exact) mass is 282 g/mol. The molecule has 0 radical (unpaired) electrons. The molecule has 0 amide bonds. The Hall–Kier alpha value is -0.130. The van der Waals surface area contributed by atoms with Crippen molar-refractivity contribution in [2.45, 2.75) is 30.1 Å². The predicted octanol–water partition coefficient (Wildman–Crippen LogP) is -0.988. The van der Waals surface area contributed by atoms with E-state index < -0.39 is 21.5 Å². The van der Waals surface area contributed by atoms with Crippen molar-refractivity contribution in [2.24, 2.45) is 5.92 Å². The van der Waals surface area contributed by atoms with Crippen LogP contribution in [0.15, 0.2) is 12.2 Å². The number of hydrogen-bond acceptors (Lipinski definition) is 2. The zero-order valence-electron chi connectivity index (χ0n) is 7.07. The molecule has 0 fully saturated rings. The third-order valence-electron chi connectivity index (χ3n) is 1.96. The van der Waals surface area contributed by atoms with Crippen molar-refractivity contribution in [1.82, 2.24) is 0 Å². The molecule has 4 heteroatoms. The first-order valence-electron chi connectivity index (χ1n) is 4.13. The van der Waals surface area contributed by atoms with E-state index in [0.717, 1.165) is 19.3 Å². The third kappa shape index (κ3) is 3.51.